The molecule has 0 atom stereocenters. The van der Waals surface area contributed by atoms with Gasteiger partial charge in [-0.3, -0.25) is 4.79 Å². The molecule has 0 saturated carbocycles. The van der Waals surface area contributed by atoms with Gasteiger partial charge in [-0.2, -0.15) is 0 Å². The van der Waals surface area contributed by atoms with Crippen molar-refractivity contribution in [3.05, 3.63) is 11.9 Å². The van der Waals surface area contributed by atoms with Crippen LogP contribution < -0.4 is 16.0 Å². The molecule has 6 heteroatoms. The van der Waals surface area contributed by atoms with E-state index in [2.05, 4.69) is 53.6 Å². The summed E-state index contributed by atoms with van der Waals surface area (Å²) in [5, 5.41) is 9.10. The average molecular weight is 293 g/mol. The zero-order valence-corrected chi connectivity index (χ0v) is 13.7. The van der Waals surface area contributed by atoms with Gasteiger partial charge in [-0.15, -0.1) is 0 Å². The summed E-state index contributed by atoms with van der Waals surface area (Å²) in [6.45, 7) is 9.53. The van der Waals surface area contributed by atoms with Crippen molar-refractivity contribution in [3.8, 4) is 0 Å². The van der Waals surface area contributed by atoms with Crippen LogP contribution >= 0.6 is 0 Å². The molecule has 0 fully saturated rings. The highest BCUT2D eigenvalue weighted by Crippen LogP contribution is 2.16. The maximum absolute atomic E-state index is 11.6. The van der Waals surface area contributed by atoms with Gasteiger partial charge in [0.15, 0.2) is 0 Å². The molecule has 0 aliphatic rings. The van der Waals surface area contributed by atoms with E-state index in [9.17, 15) is 4.79 Å². The molecule has 21 heavy (non-hydrogen) atoms. The Morgan fingerprint density at radius 3 is 2.43 bits per heavy atom. The number of carbonyl (C=O) groups excluding carboxylic acids is 1. The first-order chi connectivity index (χ1) is 9.92. The van der Waals surface area contributed by atoms with Gasteiger partial charge < -0.3 is 16.0 Å². The second-order valence-corrected chi connectivity index (χ2v) is 5.78. The van der Waals surface area contributed by atoms with E-state index in [1.54, 1.807) is 0 Å². The minimum Gasteiger partial charge on any atom is -0.373 e. The van der Waals surface area contributed by atoms with Crippen molar-refractivity contribution < 1.29 is 4.79 Å². The van der Waals surface area contributed by atoms with Crippen molar-refractivity contribution in [3.63, 3.8) is 0 Å². The van der Waals surface area contributed by atoms with Crippen LogP contribution in [0.15, 0.2) is 6.07 Å². The molecule has 0 aliphatic heterocycles. The fourth-order valence-electron chi connectivity index (χ4n) is 1.65. The summed E-state index contributed by atoms with van der Waals surface area (Å²) < 4.78 is 0. The Labute approximate surface area is 127 Å². The second-order valence-electron chi connectivity index (χ2n) is 5.78. The number of amides is 1. The number of hydrogen-bond donors (Lipinski definition) is 3. The van der Waals surface area contributed by atoms with Crippen molar-refractivity contribution in [2.75, 3.05) is 30.8 Å². The third-order valence-corrected chi connectivity index (χ3v) is 2.88. The van der Waals surface area contributed by atoms with Gasteiger partial charge in [-0.25, -0.2) is 9.97 Å². The molecule has 1 aromatic heterocycles. The molecule has 0 bridgehead atoms. The molecular weight excluding hydrogens is 266 g/mol. The summed E-state index contributed by atoms with van der Waals surface area (Å²) in [6, 6.07) is 1.85. The van der Waals surface area contributed by atoms with Crippen LogP contribution in [-0.2, 0) is 4.79 Å². The first-order valence-corrected chi connectivity index (χ1v) is 7.49. The molecule has 0 saturated heterocycles. The van der Waals surface area contributed by atoms with Gasteiger partial charge in [0.25, 0.3) is 0 Å². The molecule has 0 spiro atoms. The molecule has 0 aliphatic carbocycles. The molecule has 3 N–H and O–H groups in total. The van der Waals surface area contributed by atoms with Crippen LogP contribution in [-0.4, -0.2) is 36.0 Å². The predicted octanol–water partition coefficient (Wildman–Crippen LogP) is 2.22. The first kappa shape index (κ1) is 17.2. The number of aromatic nitrogens is 2. The van der Waals surface area contributed by atoms with Crippen LogP contribution in [0, 0.1) is 5.92 Å². The standard InChI is InChI=1S/C15H27N5O/c1-10(2)9-18-14(21)6-7-17-13-8-12(16-5)19-15(20-13)11(3)4/h8,10-11H,6-7,9H2,1-5H3,(H,18,21)(H2,16,17,19,20). The predicted molar refractivity (Wildman–Crippen MR) is 86.6 cm³/mol. The van der Waals surface area contributed by atoms with E-state index < -0.39 is 0 Å². The van der Waals surface area contributed by atoms with Crippen LogP contribution in [0.3, 0.4) is 0 Å². The molecule has 1 rings (SSSR count). The van der Waals surface area contributed by atoms with Gasteiger partial charge >= 0.3 is 0 Å². The van der Waals surface area contributed by atoms with Crippen molar-refractivity contribution >= 4 is 17.5 Å². The number of nitrogens with zero attached hydrogens (tertiary/aromatic N) is 2. The van der Waals surface area contributed by atoms with E-state index in [-0.39, 0.29) is 11.8 Å². The smallest absolute Gasteiger partial charge is 0.221 e. The molecular formula is C15H27N5O. The highest BCUT2D eigenvalue weighted by Gasteiger charge is 2.08. The zero-order chi connectivity index (χ0) is 15.8. The minimum absolute atomic E-state index is 0.0585. The molecule has 118 valence electrons. The summed E-state index contributed by atoms with van der Waals surface area (Å²) in [4.78, 5) is 20.5. The molecule has 0 radical (unpaired) electrons. The van der Waals surface area contributed by atoms with Gasteiger partial charge in [0.1, 0.15) is 17.5 Å². The van der Waals surface area contributed by atoms with Crippen molar-refractivity contribution in [1.82, 2.24) is 15.3 Å². The van der Waals surface area contributed by atoms with E-state index in [0.29, 0.717) is 25.4 Å². The van der Waals surface area contributed by atoms with Gasteiger partial charge in [0.2, 0.25) is 5.91 Å². The highest BCUT2D eigenvalue weighted by atomic mass is 16.1. The highest BCUT2D eigenvalue weighted by molar-refractivity contribution is 5.76. The van der Waals surface area contributed by atoms with Crippen LogP contribution in [0.5, 0.6) is 0 Å². The maximum Gasteiger partial charge on any atom is 0.221 e. The SMILES string of the molecule is CNc1cc(NCCC(=O)NCC(C)C)nc(C(C)C)n1. The Morgan fingerprint density at radius 1 is 1.19 bits per heavy atom. The van der Waals surface area contributed by atoms with Crippen LogP contribution in [0.2, 0.25) is 0 Å². The minimum atomic E-state index is 0.0585. The van der Waals surface area contributed by atoms with Gasteiger partial charge in [0.05, 0.1) is 0 Å². The summed E-state index contributed by atoms with van der Waals surface area (Å²) in [5.74, 6) is 3.09. The molecule has 0 aromatic carbocycles. The fourth-order valence-corrected chi connectivity index (χ4v) is 1.65. The Morgan fingerprint density at radius 2 is 1.86 bits per heavy atom. The summed E-state index contributed by atoms with van der Waals surface area (Å²) >= 11 is 0. The van der Waals surface area contributed by atoms with Crippen LogP contribution in [0.1, 0.15) is 45.9 Å². The average Bonchev–Trinajstić information content (AvgIpc) is 2.44. The van der Waals surface area contributed by atoms with Gasteiger partial charge in [-0.05, 0) is 5.92 Å². The number of anilines is 2. The molecule has 1 heterocycles. The first-order valence-electron chi connectivity index (χ1n) is 7.49. The fraction of sp³-hybridized carbons (Fsp3) is 0.667. The van der Waals surface area contributed by atoms with Crippen molar-refractivity contribution in [1.29, 1.82) is 0 Å². The Bertz CT molecular complexity index is 459. The van der Waals surface area contributed by atoms with Crippen LogP contribution in [0.25, 0.3) is 0 Å². The second kappa shape index (κ2) is 8.44. The molecule has 1 amide bonds. The summed E-state index contributed by atoms with van der Waals surface area (Å²) in [6.07, 6.45) is 0.433. The van der Waals surface area contributed by atoms with Crippen LogP contribution in [0.4, 0.5) is 11.6 Å². The summed E-state index contributed by atoms with van der Waals surface area (Å²) in [7, 11) is 1.83. The number of rotatable bonds is 8. The third kappa shape index (κ3) is 6.42. The summed E-state index contributed by atoms with van der Waals surface area (Å²) in [5.41, 5.74) is 0. The lowest BCUT2D eigenvalue weighted by molar-refractivity contribution is -0.120. The quantitative estimate of drug-likeness (QED) is 0.685. The van der Waals surface area contributed by atoms with E-state index in [0.717, 1.165) is 17.5 Å². The Hall–Kier alpha value is -1.85. The molecule has 0 unspecified atom stereocenters. The molecule has 6 nitrogen and oxygen atoms in total. The van der Waals surface area contributed by atoms with Crippen molar-refractivity contribution in [2.24, 2.45) is 5.92 Å². The van der Waals surface area contributed by atoms with E-state index in [1.807, 2.05) is 13.1 Å². The number of nitrogens with one attached hydrogen (secondary N) is 3. The third-order valence-electron chi connectivity index (χ3n) is 2.88. The number of hydrogen-bond acceptors (Lipinski definition) is 5. The van der Waals surface area contributed by atoms with E-state index in [4.69, 9.17) is 0 Å². The normalized spacial score (nSPS) is 10.8. The van der Waals surface area contributed by atoms with Gasteiger partial charge in [-0.1, -0.05) is 27.7 Å². The van der Waals surface area contributed by atoms with E-state index >= 15 is 0 Å². The van der Waals surface area contributed by atoms with Crippen molar-refractivity contribution in [2.45, 2.75) is 40.0 Å². The lowest BCUT2D eigenvalue weighted by Gasteiger charge is -2.12. The zero-order valence-electron chi connectivity index (χ0n) is 13.7. The van der Waals surface area contributed by atoms with Gasteiger partial charge in [0, 0.05) is 38.5 Å². The number of carbonyl (C=O) groups is 1. The van der Waals surface area contributed by atoms with E-state index in [1.165, 1.54) is 0 Å². The monoisotopic (exact) mass is 293 g/mol. The largest absolute Gasteiger partial charge is 0.373 e. The Kier molecular flexibility index (Phi) is 6.91. The lowest BCUT2D eigenvalue weighted by Crippen LogP contribution is -2.28. The maximum atomic E-state index is 11.6. The molecule has 1 aromatic rings. The topological polar surface area (TPSA) is 78.9 Å². The lowest BCUT2D eigenvalue weighted by atomic mass is 10.2. The Balaban J connectivity index is 2.51.